The number of anilines is 2. The molecule has 8 nitrogen and oxygen atoms in total. The van der Waals surface area contributed by atoms with Crippen molar-refractivity contribution in [1.29, 1.82) is 0 Å². The third-order valence-electron chi connectivity index (χ3n) is 4.83. The zero-order valence-corrected chi connectivity index (χ0v) is 16.5. The number of H-pyrrole nitrogens is 1. The fourth-order valence-electron chi connectivity index (χ4n) is 3.41. The molecule has 0 bridgehead atoms. The van der Waals surface area contributed by atoms with Gasteiger partial charge in [0, 0.05) is 17.3 Å². The molecule has 0 atom stereocenters. The Bertz CT molecular complexity index is 1260. The molecular weight excluding hydrogens is 399 g/mol. The van der Waals surface area contributed by atoms with Crippen LogP contribution in [0.15, 0.2) is 71.7 Å². The van der Waals surface area contributed by atoms with E-state index in [1.165, 1.54) is 25.3 Å². The van der Waals surface area contributed by atoms with E-state index < -0.39 is 5.82 Å². The third kappa shape index (κ3) is 3.68. The number of halogens is 1. The summed E-state index contributed by atoms with van der Waals surface area (Å²) in [5, 5.41) is 14.2. The second-order valence-corrected chi connectivity index (χ2v) is 6.76. The molecule has 0 fully saturated rings. The molecule has 0 saturated heterocycles. The quantitative estimate of drug-likeness (QED) is 0.534. The van der Waals surface area contributed by atoms with Crippen LogP contribution in [0.25, 0.3) is 11.4 Å². The van der Waals surface area contributed by atoms with E-state index in [9.17, 15) is 4.39 Å². The highest BCUT2D eigenvalue weighted by molar-refractivity contribution is 5.95. The number of hydrogen-bond donors (Lipinski definition) is 1. The van der Waals surface area contributed by atoms with Gasteiger partial charge in [0.05, 0.1) is 25.0 Å². The molecule has 31 heavy (non-hydrogen) atoms. The molecule has 0 aliphatic carbocycles. The Balaban J connectivity index is 1.52. The molecule has 5 rings (SSSR count). The molecule has 1 aliphatic heterocycles. The van der Waals surface area contributed by atoms with Crippen LogP contribution in [-0.4, -0.2) is 40.2 Å². The lowest BCUT2D eigenvalue weighted by molar-refractivity contribution is 0.386. The van der Waals surface area contributed by atoms with Crippen LogP contribution in [0.5, 0.6) is 11.5 Å². The van der Waals surface area contributed by atoms with Crippen molar-refractivity contribution < 1.29 is 13.9 Å². The number of para-hydroxylation sites is 2. The van der Waals surface area contributed by atoms with Crippen LogP contribution in [0.3, 0.4) is 0 Å². The highest BCUT2D eigenvalue weighted by atomic mass is 19.1. The van der Waals surface area contributed by atoms with Gasteiger partial charge >= 0.3 is 0 Å². The van der Waals surface area contributed by atoms with Crippen LogP contribution in [-0.2, 0) is 0 Å². The minimum absolute atomic E-state index is 0.298. The highest BCUT2D eigenvalue weighted by Gasteiger charge is 2.23. The van der Waals surface area contributed by atoms with Gasteiger partial charge in [-0.2, -0.15) is 5.21 Å². The average Bonchev–Trinajstić information content (AvgIpc) is 3.35. The van der Waals surface area contributed by atoms with Gasteiger partial charge in [0.15, 0.2) is 11.5 Å². The van der Waals surface area contributed by atoms with Crippen molar-refractivity contribution in [2.24, 2.45) is 4.99 Å². The number of tetrazole rings is 1. The first-order chi connectivity index (χ1) is 15.2. The molecule has 1 N–H and O–H groups in total. The summed E-state index contributed by atoms with van der Waals surface area (Å²) in [7, 11) is 1.47. The number of aromatic nitrogens is 4. The minimum atomic E-state index is -0.403. The molecule has 9 heteroatoms. The fraction of sp³-hybridized carbons (Fsp3) is 0.0909. The number of aromatic amines is 1. The zero-order valence-electron chi connectivity index (χ0n) is 16.5. The van der Waals surface area contributed by atoms with Crippen LogP contribution in [0.4, 0.5) is 21.5 Å². The number of nitrogens with zero attached hydrogens (tertiary/aromatic N) is 5. The van der Waals surface area contributed by atoms with Crippen LogP contribution >= 0.6 is 0 Å². The van der Waals surface area contributed by atoms with Crippen LogP contribution in [0.1, 0.15) is 0 Å². The molecule has 3 aromatic carbocycles. The largest absolute Gasteiger partial charge is 0.493 e. The van der Waals surface area contributed by atoms with E-state index in [4.69, 9.17) is 9.47 Å². The number of methoxy groups -OCH3 is 1. The molecule has 0 amide bonds. The number of nitrogens with one attached hydrogen (secondary N) is 1. The maximum atomic E-state index is 13.6. The normalized spacial score (nSPS) is 12.8. The molecule has 1 aliphatic rings. The first-order valence-corrected chi connectivity index (χ1v) is 9.50. The number of aliphatic imine (C=N–C) groups is 1. The van der Waals surface area contributed by atoms with Crippen molar-refractivity contribution in [1.82, 2.24) is 20.6 Å². The standard InChI is InChI=1S/C22H17FN6O2/c1-30-20-12-15(23)9-10-19(20)31-21-13-29(18-8-3-2-7-17(18)24-21)16-6-4-5-14(11-16)22-25-27-28-26-22/h2-12H,13H2,1H3,(H,25,26,27,28). The fourth-order valence-corrected chi connectivity index (χ4v) is 3.41. The summed E-state index contributed by atoms with van der Waals surface area (Å²) in [5.74, 6) is 1.25. The zero-order chi connectivity index (χ0) is 21.2. The van der Waals surface area contributed by atoms with Crippen LogP contribution < -0.4 is 14.4 Å². The van der Waals surface area contributed by atoms with E-state index in [0.717, 1.165) is 22.6 Å². The molecule has 4 aromatic rings. The Morgan fingerprint density at radius 1 is 1.00 bits per heavy atom. The van der Waals surface area contributed by atoms with E-state index in [0.29, 0.717) is 29.8 Å². The Morgan fingerprint density at radius 3 is 2.74 bits per heavy atom. The van der Waals surface area contributed by atoms with Crippen molar-refractivity contribution in [2.45, 2.75) is 0 Å². The van der Waals surface area contributed by atoms with E-state index in [1.54, 1.807) is 0 Å². The van der Waals surface area contributed by atoms with Gasteiger partial charge < -0.3 is 14.4 Å². The summed E-state index contributed by atoms with van der Waals surface area (Å²) in [6.45, 7) is 0.368. The topological polar surface area (TPSA) is 88.5 Å². The van der Waals surface area contributed by atoms with E-state index in [1.807, 2.05) is 48.5 Å². The molecule has 0 radical (unpaired) electrons. The Kier molecular flexibility index (Phi) is 4.75. The molecule has 0 saturated carbocycles. The van der Waals surface area contributed by atoms with Crippen molar-refractivity contribution in [3.8, 4) is 22.9 Å². The monoisotopic (exact) mass is 416 g/mol. The predicted molar refractivity (Wildman–Crippen MR) is 114 cm³/mol. The lowest BCUT2D eigenvalue weighted by Gasteiger charge is -2.30. The van der Waals surface area contributed by atoms with Gasteiger partial charge in [-0.3, -0.25) is 0 Å². The molecule has 2 heterocycles. The summed E-state index contributed by atoms with van der Waals surface area (Å²) in [6, 6.07) is 19.7. The smallest absolute Gasteiger partial charge is 0.215 e. The van der Waals surface area contributed by atoms with Gasteiger partial charge in [0.25, 0.3) is 0 Å². The van der Waals surface area contributed by atoms with Crippen LogP contribution in [0.2, 0.25) is 0 Å². The van der Waals surface area contributed by atoms with E-state index in [2.05, 4.69) is 30.5 Å². The molecule has 1 aromatic heterocycles. The Morgan fingerprint density at radius 2 is 1.90 bits per heavy atom. The number of rotatable bonds is 4. The first-order valence-electron chi connectivity index (χ1n) is 9.50. The van der Waals surface area contributed by atoms with E-state index >= 15 is 0 Å². The average molecular weight is 416 g/mol. The number of ether oxygens (including phenoxy) is 2. The number of benzene rings is 3. The summed E-state index contributed by atoms with van der Waals surface area (Å²) < 4.78 is 24.8. The molecule has 0 unspecified atom stereocenters. The third-order valence-corrected chi connectivity index (χ3v) is 4.83. The maximum absolute atomic E-state index is 13.6. The van der Waals surface area contributed by atoms with E-state index in [-0.39, 0.29) is 0 Å². The van der Waals surface area contributed by atoms with Gasteiger partial charge in [-0.25, -0.2) is 9.38 Å². The van der Waals surface area contributed by atoms with Gasteiger partial charge in [-0.15, -0.1) is 10.2 Å². The Labute approximate surface area is 177 Å². The molecular formula is C22H17FN6O2. The summed E-state index contributed by atoms with van der Waals surface area (Å²) in [6.07, 6.45) is 0. The van der Waals surface area contributed by atoms with Gasteiger partial charge in [0.2, 0.25) is 11.7 Å². The lowest BCUT2D eigenvalue weighted by Crippen LogP contribution is -2.31. The van der Waals surface area contributed by atoms with Crippen LogP contribution in [0, 0.1) is 5.82 Å². The van der Waals surface area contributed by atoms with Gasteiger partial charge in [-0.05, 0) is 41.6 Å². The summed E-state index contributed by atoms with van der Waals surface area (Å²) in [5.41, 5.74) is 3.44. The maximum Gasteiger partial charge on any atom is 0.215 e. The van der Waals surface area contributed by atoms with Gasteiger partial charge in [0.1, 0.15) is 5.82 Å². The van der Waals surface area contributed by atoms with Crippen molar-refractivity contribution in [3.05, 3.63) is 72.5 Å². The van der Waals surface area contributed by atoms with Crippen molar-refractivity contribution >= 4 is 23.0 Å². The van der Waals surface area contributed by atoms with Gasteiger partial charge in [-0.1, -0.05) is 24.3 Å². The number of fused-ring (bicyclic) bond motifs is 1. The summed E-state index contributed by atoms with van der Waals surface area (Å²) >= 11 is 0. The molecule has 0 spiro atoms. The molecule has 154 valence electrons. The first kappa shape index (κ1) is 18.7. The SMILES string of the molecule is COc1cc(F)ccc1OC1=Nc2ccccc2N(c2cccc(-c3nn[nH]n3)c2)C1. The Hall–Kier alpha value is -4.27. The van der Waals surface area contributed by atoms with Crippen molar-refractivity contribution in [2.75, 3.05) is 18.6 Å². The second-order valence-electron chi connectivity index (χ2n) is 6.76. The predicted octanol–water partition coefficient (Wildman–Crippen LogP) is 4.28. The summed E-state index contributed by atoms with van der Waals surface area (Å²) in [4.78, 5) is 6.73. The minimum Gasteiger partial charge on any atom is -0.493 e. The van der Waals surface area contributed by atoms with Crippen molar-refractivity contribution in [3.63, 3.8) is 0 Å². The second kappa shape index (κ2) is 7.86. The lowest BCUT2D eigenvalue weighted by atomic mass is 10.1. The number of hydrogen-bond acceptors (Lipinski definition) is 7. The highest BCUT2D eigenvalue weighted by Crippen LogP contribution is 2.38.